The van der Waals surface area contributed by atoms with Crippen molar-refractivity contribution in [3.05, 3.63) is 91.5 Å². The van der Waals surface area contributed by atoms with Crippen molar-refractivity contribution in [3.63, 3.8) is 0 Å². The molecule has 0 unspecified atom stereocenters. The molecule has 1 saturated heterocycles. The summed E-state index contributed by atoms with van der Waals surface area (Å²) in [5, 5.41) is 21.3. The predicted molar refractivity (Wildman–Crippen MR) is 145 cm³/mol. The van der Waals surface area contributed by atoms with Gasteiger partial charge in [0.2, 0.25) is 11.8 Å². The Bertz CT molecular complexity index is 1640. The summed E-state index contributed by atoms with van der Waals surface area (Å²) in [4.78, 5) is 65.6. The molecule has 2 amide bonds. The number of rotatable bonds is 4. The number of phenolic OH excluding ortho intramolecular Hbond substituents is 1. The molecular formula is C29H21BrN2O8. The van der Waals surface area contributed by atoms with Crippen molar-refractivity contribution < 1.29 is 33.9 Å². The van der Waals surface area contributed by atoms with Crippen molar-refractivity contribution in [2.45, 2.75) is 18.8 Å². The molecule has 0 aromatic heterocycles. The summed E-state index contributed by atoms with van der Waals surface area (Å²) in [7, 11) is 1.41. The Labute approximate surface area is 235 Å². The van der Waals surface area contributed by atoms with Crippen LogP contribution in [-0.2, 0) is 19.2 Å². The minimum absolute atomic E-state index is 0.0884. The quantitative estimate of drug-likeness (QED) is 0.179. The van der Waals surface area contributed by atoms with Crippen molar-refractivity contribution in [2.75, 3.05) is 12.0 Å². The van der Waals surface area contributed by atoms with Gasteiger partial charge >= 0.3 is 0 Å². The van der Waals surface area contributed by atoms with E-state index in [0.29, 0.717) is 11.1 Å². The average Bonchev–Trinajstić information content (AvgIpc) is 3.20. The molecule has 0 saturated carbocycles. The maximum absolute atomic E-state index is 13.9. The zero-order chi connectivity index (χ0) is 28.5. The van der Waals surface area contributed by atoms with Crippen LogP contribution in [0.1, 0.15) is 24.3 Å². The number of ketones is 2. The molecule has 4 atom stereocenters. The van der Waals surface area contributed by atoms with Gasteiger partial charge in [-0.15, -0.1) is 0 Å². The fraction of sp³-hybridized carbons (Fsp3) is 0.241. The number of anilines is 1. The van der Waals surface area contributed by atoms with Crippen molar-refractivity contribution in [1.82, 2.24) is 0 Å². The molecule has 1 aliphatic heterocycles. The normalized spacial score (nSPS) is 25.7. The molecule has 1 heterocycles. The van der Waals surface area contributed by atoms with Crippen LogP contribution in [0.3, 0.4) is 0 Å². The molecule has 2 aromatic carbocycles. The number of benzene rings is 2. The number of methoxy groups -OCH3 is 1. The van der Waals surface area contributed by atoms with E-state index in [-0.39, 0.29) is 57.3 Å². The number of hydrogen-bond acceptors (Lipinski definition) is 8. The molecule has 0 radical (unpaired) electrons. The molecule has 40 heavy (non-hydrogen) atoms. The Kier molecular flexibility index (Phi) is 6.06. The van der Waals surface area contributed by atoms with Crippen LogP contribution in [0.15, 0.2) is 75.8 Å². The monoisotopic (exact) mass is 604 g/mol. The number of carbonyl (C=O) groups is 4. The number of nitro groups is 1. The van der Waals surface area contributed by atoms with Crippen LogP contribution in [0.4, 0.5) is 11.4 Å². The van der Waals surface area contributed by atoms with E-state index in [4.69, 9.17) is 4.74 Å². The number of phenols is 1. The fourth-order valence-electron chi connectivity index (χ4n) is 6.44. The number of imide groups is 1. The maximum atomic E-state index is 13.9. The van der Waals surface area contributed by atoms with Gasteiger partial charge in [-0.1, -0.05) is 17.7 Å². The molecule has 202 valence electrons. The zero-order valence-electron chi connectivity index (χ0n) is 21.0. The number of Topliss-reactive ketones (excluding diaryl/α,β-unsaturated/α-hetero) is 1. The van der Waals surface area contributed by atoms with E-state index in [0.717, 1.165) is 10.5 Å². The number of nitrogens with zero attached hydrogens (tertiary/aromatic N) is 2. The highest BCUT2D eigenvalue weighted by atomic mass is 79.9. The van der Waals surface area contributed by atoms with Crippen LogP contribution in [0, 0.1) is 27.9 Å². The number of aromatic hydroxyl groups is 1. The number of halogens is 1. The highest BCUT2D eigenvalue weighted by Gasteiger charge is 2.56. The lowest BCUT2D eigenvalue weighted by Crippen LogP contribution is -2.39. The van der Waals surface area contributed by atoms with Gasteiger partial charge in [0, 0.05) is 35.3 Å². The van der Waals surface area contributed by atoms with E-state index >= 15 is 0 Å². The number of nitro benzene ring substituents is 1. The number of allylic oxidation sites excluding steroid dienone is 6. The van der Waals surface area contributed by atoms with Crippen LogP contribution >= 0.6 is 15.9 Å². The second-order valence-electron chi connectivity index (χ2n) is 10.1. The van der Waals surface area contributed by atoms with Gasteiger partial charge in [-0.3, -0.25) is 34.2 Å². The first kappa shape index (κ1) is 25.9. The number of fused-ring (bicyclic) bond motifs is 3. The molecule has 1 N–H and O–H groups in total. The summed E-state index contributed by atoms with van der Waals surface area (Å²) in [5.41, 5.74) is 2.03. The minimum atomic E-state index is -0.786. The van der Waals surface area contributed by atoms with Crippen LogP contribution < -0.4 is 9.64 Å². The second kappa shape index (κ2) is 9.37. The smallest absolute Gasteiger partial charge is 0.269 e. The van der Waals surface area contributed by atoms with E-state index in [1.54, 1.807) is 12.1 Å². The molecule has 10 nitrogen and oxygen atoms in total. The topological polar surface area (TPSA) is 144 Å². The predicted octanol–water partition coefficient (Wildman–Crippen LogP) is 4.28. The first-order valence-electron chi connectivity index (χ1n) is 12.5. The maximum Gasteiger partial charge on any atom is 0.269 e. The van der Waals surface area contributed by atoms with Crippen LogP contribution in [-0.4, -0.2) is 40.5 Å². The van der Waals surface area contributed by atoms with Crippen LogP contribution in [0.25, 0.3) is 0 Å². The van der Waals surface area contributed by atoms with Crippen molar-refractivity contribution >= 4 is 50.7 Å². The van der Waals surface area contributed by atoms with Gasteiger partial charge in [0.25, 0.3) is 5.69 Å². The van der Waals surface area contributed by atoms with E-state index in [2.05, 4.69) is 15.9 Å². The van der Waals surface area contributed by atoms with Crippen LogP contribution in [0.5, 0.6) is 11.5 Å². The van der Waals surface area contributed by atoms with Gasteiger partial charge in [-0.2, -0.15) is 0 Å². The molecular weight excluding hydrogens is 584 g/mol. The molecule has 0 bridgehead atoms. The molecule has 11 heteroatoms. The van der Waals surface area contributed by atoms with Crippen molar-refractivity contribution in [2.24, 2.45) is 17.8 Å². The summed E-state index contributed by atoms with van der Waals surface area (Å²) in [6.45, 7) is 0. The van der Waals surface area contributed by atoms with E-state index < -0.39 is 40.4 Å². The lowest BCUT2D eigenvalue weighted by Gasteiger charge is -2.42. The van der Waals surface area contributed by atoms with Crippen molar-refractivity contribution in [1.29, 1.82) is 0 Å². The number of hydrogen-bond donors (Lipinski definition) is 1. The van der Waals surface area contributed by atoms with Gasteiger partial charge in [-0.05, 0) is 64.5 Å². The van der Waals surface area contributed by atoms with Gasteiger partial charge in [0.1, 0.15) is 0 Å². The summed E-state index contributed by atoms with van der Waals surface area (Å²) in [6, 6.07) is 9.93. The number of carbonyl (C=O) groups excluding carboxylic acids is 4. The molecule has 6 rings (SSSR count). The third kappa shape index (κ3) is 3.75. The SMILES string of the molecule is COc1cc([C@H]2C3=CC[C@@H]4C(=O)N(c5ccc([N+](=O)[O-])cc5)C(=O)[C@@H]4[C@@H]3CC3=C2C(=O)C=C(Br)C3=O)ccc1O. The molecule has 3 aliphatic carbocycles. The first-order chi connectivity index (χ1) is 19.1. The highest BCUT2D eigenvalue weighted by Crippen LogP contribution is 2.56. The zero-order valence-corrected chi connectivity index (χ0v) is 22.6. The molecule has 4 aliphatic rings. The number of non-ortho nitro benzene ring substituents is 1. The Morgan fingerprint density at radius 3 is 2.45 bits per heavy atom. The third-order valence-corrected chi connectivity index (χ3v) is 8.78. The molecule has 2 aromatic rings. The van der Waals surface area contributed by atoms with Crippen molar-refractivity contribution in [3.8, 4) is 11.5 Å². The number of amides is 2. The first-order valence-corrected chi connectivity index (χ1v) is 13.3. The van der Waals surface area contributed by atoms with Crippen LogP contribution in [0.2, 0.25) is 0 Å². The minimum Gasteiger partial charge on any atom is -0.504 e. The Morgan fingerprint density at radius 1 is 1.05 bits per heavy atom. The standard InChI is InChI=1S/C29H21BrN2O8/c1-40-23-10-13(2-9-21(23)33)24-16-7-8-17-25(18(16)11-19-26(24)22(34)12-20(30)27(19)35)29(37)31(28(17)36)14-3-5-15(6-4-14)32(38)39/h2-7,9-10,12,17-18,24-25,33H,8,11H2,1H3/t17-,18+,24-,25-/m0/s1. The van der Waals surface area contributed by atoms with E-state index in [9.17, 15) is 34.4 Å². The summed E-state index contributed by atoms with van der Waals surface area (Å²) >= 11 is 3.20. The lowest BCUT2D eigenvalue weighted by molar-refractivity contribution is -0.384. The second-order valence-corrected chi connectivity index (χ2v) is 11.0. The lowest BCUT2D eigenvalue weighted by atomic mass is 9.59. The fourth-order valence-corrected chi connectivity index (χ4v) is 6.88. The van der Waals surface area contributed by atoms with E-state index in [1.807, 2.05) is 6.08 Å². The third-order valence-electron chi connectivity index (χ3n) is 8.19. The average molecular weight is 605 g/mol. The Balaban J connectivity index is 1.46. The van der Waals surface area contributed by atoms with Gasteiger partial charge in [0.05, 0.1) is 34.0 Å². The van der Waals surface area contributed by atoms with E-state index in [1.165, 1.54) is 43.5 Å². The number of ether oxygens (including phenoxy) is 1. The highest BCUT2D eigenvalue weighted by molar-refractivity contribution is 9.12. The van der Waals surface area contributed by atoms with Gasteiger partial charge in [-0.25, -0.2) is 0 Å². The summed E-state index contributed by atoms with van der Waals surface area (Å²) < 4.78 is 5.42. The molecule has 1 fully saturated rings. The largest absolute Gasteiger partial charge is 0.504 e. The Morgan fingerprint density at radius 2 is 1.77 bits per heavy atom. The summed E-state index contributed by atoms with van der Waals surface area (Å²) in [5.74, 6) is -4.13. The Hall–Kier alpha value is -4.38. The molecule has 0 spiro atoms. The summed E-state index contributed by atoms with van der Waals surface area (Å²) in [6.07, 6.45) is 3.49. The van der Waals surface area contributed by atoms with Gasteiger partial charge < -0.3 is 9.84 Å². The van der Waals surface area contributed by atoms with Gasteiger partial charge in [0.15, 0.2) is 23.1 Å².